The van der Waals surface area contributed by atoms with Gasteiger partial charge in [0.1, 0.15) is 16.4 Å². The molecule has 5 aromatic rings. The van der Waals surface area contributed by atoms with Crippen molar-refractivity contribution in [2.75, 3.05) is 0 Å². The van der Waals surface area contributed by atoms with Crippen LogP contribution in [0.25, 0.3) is 10.2 Å². The number of nitrogens with zero attached hydrogens (tertiary/aromatic N) is 3. The molecule has 0 saturated heterocycles. The normalized spacial score (nSPS) is 11.3. The number of fused-ring (bicyclic) bond motifs is 1. The highest BCUT2D eigenvalue weighted by Gasteiger charge is 2.23. The van der Waals surface area contributed by atoms with E-state index >= 15 is 0 Å². The molecule has 0 saturated carbocycles. The number of carbonyl (C=O) groups excluding carboxylic acids is 1. The summed E-state index contributed by atoms with van der Waals surface area (Å²) in [6, 6.07) is 19.5. The number of aromatic nitrogens is 2. The van der Waals surface area contributed by atoms with E-state index in [0.717, 1.165) is 27.4 Å². The van der Waals surface area contributed by atoms with Gasteiger partial charge in [0.15, 0.2) is 0 Å². The number of hydrogen-bond acceptors (Lipinski definition) is 5. The first kappa shape index (κ1) is 19.4. The third-order valence-corrected chi connectivity index (χ3v) is 6.27. The van der Waals surface area contributed by atoms with Gasteiger partial charge in [0.25, 0.3) is 5.91 Å². The van der Waals surface area contributed by atoms with E-state index in [0.29, 0.717) is 24.5 Å². The van der Waals surface area contributed by atoms with Crippen LogP contribution in [0.2, 0.25) is 0 Å². The number of aryl methyl sites for hydroxylation is 1. The van der Waals surface area contributed by atoms with Gasteiger partial charge in [-0.05, 0) is 42.8 Å². The fraction of sp³-hybridized carbons (Fsp3) is 0.167. The molecule has 0 bridgehead atoms. The van der Waals surface area contributed by atoms with E-state index in [1.54, 1.807) is 17.4 Å². The predicted octanol–water partition coefficient (Wildman–Crippen LogP) is 5.48. The number of rotatable bonds is 7. The number of thiophene rings is 1. The van der Waals surface area contributed by atoms with Gasteiger partial charge in [-0.3, -0.25) is 9.48 Å². The van der Waals surface area contributed by atoms with E-state index in [1.165, 1.54) is 16.9 Å². The average Bonchev–Trinajstić information content (AvgIpc) is 3.56. The molecule has 4 heterocycles. The number of furan rings is 2. The van der Waals surface area contributed by atoms with E-state index in [-0.39, 0.29) is 5.91 Å². The van der Waals surface area contributed by atoms with Crippen molar-refractivity contribution < 1.29 is 13.6 Å². The summed E-state index contributed by atoms with van der Waals surface area (Å²) in [5, 5.41) is 5.70. The van der Waals surface area contributed by atoms with Crippen LogP contribution in [-0.2, 0) is 19.6 Å². The Morgan fingerprint density at radius 2 is 1.68 bits per heavy atom. The molecule has 156 valence electrons. The molecule has 0 atom stereocenters. The van der Waals surface area contributed by atoms with Crippen molar-refractivity contribution in [1.29, 1.82) is 0 Å². The SMILES string of the molecule is Cc1nn(Cc2ccccc2)c2sc(C(=O)N(Cc3ccco3)Cc3ccco3)cc12. The highest BCUT2D eigenvalue weighted by atomic mass is 32.1. The Morgan fingerprint density at radius 1 is 1.00 bits per heavy atom. The molecule has 0 fully saturated rings. The van der Waals surface area contributed by atoms with E-state index in [4.69, 9.17) is 8.83 Å². The van der Waals surface area contributed by atoms with E-state index in [1.807, 2.05) is 60.1 Å². The first-order chi connectivity index (χ1) is 15.2. The minimum absolute atomic E-state index is 0.0559. The Bertz CT molecular complexity index is 1250. The summed E-state index contributed by atoms with van der Waals surface area (Å²) in [6.07, 6.45) is 3.23. The Balaban J connectivity index is 1.46. The first-order valence-corrected chi connectivity index (χ1v) is 10.8. The van der Waals surface area contributed by atoms with Crippen LogP contribution in [0.3, 0.4) is 0 Å². The fourth-order valence-electron chi connectivity index (χ4n) is 3.62. The van der Waals surface area contributed by atoms with Crippen LogP contribution in [-0.4, -0.2) is 20.6 Å². The molecular formula is C24H21N3O3S. The Labute approximate surface area is 183 Å². The third kappa shape index (κ3) is 4.04. The van der Waals surface area contributed by atoms with Gasteiger partial charge in [-0.2, -0.15) is 5.10 Å². The maximum Gasteiger partial charge on any atom is 0.264 e. The Morgan fingerprint density at radius 3 is 2.29 bits per heavy atom. The molecule has 6 nitrogen and oxygen atoms in total. The second-order valence-electron chi connectivity index (χ2n) is 7.38. The number of carbonyl (C=O) groups is 1. The van der Waals surface area contributed by atoms with Gasteiger partial charge in [0, 0.05) is 5.39 Å². The first-order valence-electron chi connectivity index (χ1n) is 10.0. The van der Waals surface area contributed by atoms with Gasteiger partial charge in [0.05, 0.1) is 42.7 Å². The molecule has 0 N–H and O–H groups in total. The second-order valence-corrected chi connectivity index (χ2v) is 8.41. The van der Waals surface area contributed by atoms with Crippen LogP contribution in [0.15, 0.2) is 82.0 Å². The van der Waals surface area contributed by atoms with Crippen LogP contribution in [0.1, 0.15) is 32.4 Å². The van der Waals surface area contributed by atoms with Crippen molar-refractivity contribution in [2.24, 2.45) is 0 Å². The van der Waals surface area contributed by atoms with Gasteiger partial charge < -0.3 is 13.7 Å². The van der Waals surface area contributed by atoms with Gasteiger partial charge in [-0.1, -0.05) is 30.3 Å². The van der Waals surface area contributed by atoms with E-state index < -0.39 is 0 Å². The lowest BCUT2D eigenvalue weighted by Crippen LogP contribution is -2.29. The fourth-order valence-corrected chi connectivity index (χ4v) is 4.75. The molecule has 5 rings (SSSR count). The summed E-state index contributed by atoms with van der Waals surface area (Å²) in [5.41, 5.74) is 2.09. The quantitative estimate of drug-likeness (QED) is 0.342. The number of benzene rings is 1. The Kier molecular flexibility index (Phi) is 5.18. The topological polar surface area (TPSA) is 64.4 Å². The lowest BCUT2D eigenvalue weighted by Gasteiger charge is -2.19. The lowest BCUT2D eigenvalue weighted by atomic mass is 10.2. The molecule has 0 radical (unpaired) electrons. The monoisotopic (exact) mass is 431 g/mol. The summed E-state index contributed by atoms with van der Waals surface area (Å²) >= 11 is 1.47. The molecule has 0 aliphatic carbocycles. The van der Waals surface area contributed by atoms with Crippen molar-refractivity contribution in [3.63, 3.8) is 0 Å². The molecule has 0 aliphatic heterocycles. The average molecular weight is 432 g/mol. The molecule has 31 heavy (non-hydrogen) atoms. The zero-order valence-corrected chi connectivity index (χ0v) is 17.8. The lowest BCUT2D eigenvalue weighted by molar-refractivity contribution is 0.0710. The summed E-state index contributed by atoms with van der Waals surface area (Å²) in [4.78, 5) is 16.9. The van der Waals surface area contributed by atoms with Crippen LogP contribution in [0, 0.1) is 6.92 Å². The van der Waals surface area contributed by atoms with Crippen LogP contribution >= 0.6 is 11.3 Å². The Hall–Kier alpha value is -3.58. The van der Waals surface area contributed by atoms with Crippen molar-refractivity contribution in [3.8, 4) is 0 Å². The van der Waals surface area contributed by atoms with Crippen molar-refractivity contribution in [2.45, 2.75) is 26.6 Å². The van der Waals surface area contributed by atoms with E-state index in [9.17, 15) is 4.79 Å². The molecule has 1 aromatic carbocycles. The summed E-state index contributed by atoms with van der Waals surface area (Å²) < 4.78 is 12.9. The standard InChI is InChI=1S/C24H21N3O3S/c1-17-21-13-22(31-24(21)27(25-17)14-18-7-3-2-4-8-18)23(28)26(15-19-9-5-11-29-19)16-20-10-6-12-30-20/h2-13H,14-16H2,1H3. The van der Waals surface area contributed by atoms with Gasteiger partial charge in [-0.15, -0.1) is 11.3 Å². The van der Waals surface area contributed by atoms with Crippen LogP contribution in [0.5, 0.6) is 0 Å². The summed E-state index contributed by atoms with van der Waals surface area (Å²) in [5.74, 6) is 1.40. The molecule has 0 unspecified atom stereocenters. The molecule has 1 amide bonds. The zero-order valence-electron chi connectivity index (χ0n) is 17.0. The number of hydrogen-bond donors (Lipinski definition) is 0. The highest BCUT2D eigenvalue weighted by Crippen LogP contribution is 2.30. The maximum absolute atomic E-state index is 13.5. The molecule has 4 aromatic heterocycles. The second kappa shape index (κ2) is 8.28. The smallest absolute Gasteiger partial charge is 0.264 e. The minimum Gasteiger partial charge on any atom is -0.467 e. The number of amides is 1. The van der Waals surface area contributed by atoms with Gasteiger partial charge in [0.2, 0.25) is 0 Å². The molecular weight excluding hydrogens is 410 g/mol. The molecule has 0 spiro atoms. The molecule has 7 heteroatoms. The van der Waals surface area contributed by atoms with Crippen molar-refractivity contribution >= 4 is 27.5 Å². The third-order valence-electron chi connectivity index (χ3n) is 5.13. The zero-order chi connectivity index (χ0) is 21.2. The van der Waals surface area contributed by atoms with Gasteiger partial charge in [-0.25, -0.2) is 0 Å². The van der Waals surface area contributed by atoms with Crippen molar-refractivity contribution in [3.05, 3.63) is 101 Å². The molecule has 0 aliphatic rings. The minimum atomic E-state index is -0.0559. The van der Waals surface area contributed by atoms with Crippen LogP contribution in [0.4, 0.5) is 0 Å². The summed E-state index contributed by atoms with van der Waals surface area (Å²) in [7, 11) is 0. The highest BCUT2D eigenvalue weighted by molar-refractivity contribution is 7.20. The largest absolute Gasteiger partial charge is 0.467 e. The van der Waals surface area contributed by atoms with Crippen molar-refractivity contribution in [1.82, 2.24) is 14.7 Å². The maximum atomic E-state index is 13.5. The predicted molar refractivity (Wildman–Crippen MR) is 119 cm³/mol. The van der Waals surface area contributed by atoms with Crippen LogP contribution < -0.4 is 0 Å². The summed E-state index contributed by atoms with van der Waals surface area (Å²) in [6.45, 7) is 3.39. The van der Waals surface area contributed by atoms with E-state index in [2.05, 4.69) is 17.2 Å². The van der Waals surface area contributed by atoms with Gasteiger partial charge >= 0.3 is 0 Å².